The van der Waals surface area contributed by atoms with Gasteiger partial charge in [-0.2, -0.15) is 5.10 Å². The van der Waals surface area contributed by atoms with Crippen LogP contribution in [0.5, 0.6) is 0 Å². The summed E-state index contributed by atoms with van der Waals surface area (Å²) in [6.07, 6.45) is 11.7. The molecule has 108 valence electrons. The molecule has 0 unspecified atom stereocenters. The highest BCUT2D eigenvalue weighted by Crippen LogP contribution is 2.20. The molecule has 0 spiro atoms. The molecule has 1 amide bonds. The van der Waals surface area contributed by atoms with Crippen LogP contribution >= 0.6 is 0 Å². The van der Waals surface area contributed by atoms with Crippen LogP contribution in [0.2, 0.25) is 0 Å². The van der Waals surface area contributed by atoms with Gasteiger partial charge in [-0.3, -0.25) is 14.9 Å². The van der Waals surface area contributed by atoms with Crippen molar-refractivity contribution in [1.82, 2.24) is 30.5 Å². The maximum atomic E-state index is 11.8. The van der Waals surface area contributed by atoms with Gasteiger partial charge in [-0.15, -0.1) is 0 Å². The van der Waals surface area contributed by atoms with Crippen LogP contribution < -0.4 is 5.32 Å². The normalized spacial score (nSPS) is 17.0. The van der Waals surface area contributed by atoms with Crippen molar-refractivity contribution in [1.29, 1.82) is 0 Å². The molecule has 3 rings (SSSR count). The lowest BCUT2D eigenvalue weighted by Crippen LogP contribution is -2.24. The largest absolute Gasteiger partial charge is 0.349 e. The fraction of sp³-hybridized carbons (Fsp3) is 0.357. The zero-order chi connectivity index (χ0) is 14.5. The summed E-state index contributed by atoms with van der Waals surface area (Å²) in [6, 6.07) is 0. The van der Waals surface area contributed by atoms with Crippen LogP contribution in [0.25, 0.3) is 11.5 Å². The number of allylic oxidation sites excluding steroid dienone is 2. The molecule has 1 atom stereocenters. The fourth-order valence-corrected chi connectivity index (χ4v) is 2.26. The van der Waals surface area contributed by atoms with Gasteiger partial charge in [0.05, 0.1) is 12.7 Å². The maximum Gasteiger partial charge on any atom is 0.220 e. The van der Waals surface area contributed by atoms with Crippen LogP contribution in [-0.4, -0.2) is 31.1 Å². The lowest BCUT2D eigenvalue weighted by atomic mass is 10.1. The first-order valence-electron chi connectivity index (χ1n) is 6.92. The molecule has 0 aliphatic heterocycles. The number of nitrogens with zero attached hydrogens (tertiary/aromatic N) is 4. The van der Waals surface area contributed by atoms with Crippen LogP contribution in [0.4, 0.5) is 0 Å². The van der Waals surface area contributed by atoms with Crippen molar-refractivity contribution in [3.63, 3.8) is 0 Å². The topological polar surface area (TPSA) is 96.5 Å². The number of rotatable bonds is 5. The number of aromatic amines is 1. The molecule has 0 aromatic carbocycles. The second kappa shape index (κ2) is 6.25. The van der Waals surface area contributed by atoms with E-state index < -0.39 is 0 Å². The van der Waals surface area contributed by atoms with Gasteiger partial charge in [-0.05, 0) is 18.8 Å². The lowest BCUT2D eigenvalue weighted by molar-refractivity contribution is -0.121. The standard InChI is InChI=1S/C14H16N6O/c21-13(7-10-3-1-2-4-10)17-9-12-18-14(20-19-12)11-8-15-5-6-16-11/h1,3,5-6,8,10H,2,4,7,9H2,(H,17,21)(H,18,19,20)/t10-/m1/s1. The lowest BCUT2D eigenvalue weighted by Gasteiger charge is -2.07. The Morgan fingerprint density at radius 2 is 2.38 bits per heavy atom. The molecular formula is C14H16N6O. The summed E-state index contributed by atoms with van der Waals surface area (Å²) in [5.41, 5.74) is 0.599. The van der Waals surface area contributed by atoms with Crippen molar-refractivity contribution in [2.24, 2.45) is 5.92 Å². The van der Waals surface area contributed by atoms with E-state index in [4.69, 9.17) is 0 Å². The van der Waals surface area contributed by atoms with Crippen molar-refractivity contribution in [3.8, 4) is 11.5 Å². The average molecular weight is 284 g/mol. The second-order valence-corrected chi connectivity index (χ2v) is 4.94. The predicted molar refractivity (Wildman–Crippen MR) is 75.7 cm³/mol. The first-order chi connectivity index (χ1) is 10.3. The van der Waals surface area contributed by atoms with Crippen LogP contribution in [0.3, 0.4) is 0 Å². The van der Waals surface area contributed by atoms with Gasteiger partial charge in [0.1, 0.15) is 11.5 Å². The molecule has 2 N–H and O–H groups in total. The molecule has 21 heavy (non-hydrogen) atoms. The molecule has 2 aromatic rings. The third-order valence-corrected chi connectivity index (χ3v) is 3.34. The Bertz CT molecular complexity index is 636. The molecule has 0 fully saturated rings. The van der Waals surface area contributed by atoms with Crippen LogP contribution in [0, 0.1) is 5.92 Å². The second-order valence-electron chi connectivity index (χ2n) is 4.94. The molecule has 2 heterocycles. The Kier molecular flexibility index (Phi) is 3.99. The van der Waals surface area contributed by atoms with Crippen molar-refractivity contribution >= 4 is 5.91 Å². The van der Waals surface area contributed by atoms with Crippen molar-refractivity contribution in [3.05, 3.63) is 36.6 Å². The van der Waals surface area contributed by atoms with Crippen molar-refractivity contribution < 1.29 is 4.79 Å². The van der Waals surface area contributed by atoms with E-state index >= 15 is 0 Å². The average Bonchev–Trinajstić information content (AvgIpc) is 3.17. The summed E-state index contributed by atoms with van der Waals surface area (Å²) in [5.74, 6) is 1.48. The molecule has 0 saturated carbocycles. The Labute approximate surface area is 121 Å². The summed E-state index contributed by atoms with van der Waals surface area (Å²) in [7, 11) is 0. The van der Waals surface area contributed by atoms with Gasteiger partial charge in [0.2, 0.25) is 11.7 Å². The molecule has 7 nitrogen and oxygen atoms in total. The van der Waals surface area contributed by atoms with Crippen LogP contribution in [0.1, 0.15) is 25.1 Å². The zero-order valence-electron chi connectivity index (χ0n) is 11.5. The molecule has 1 aliphatic rings. The number of amides is 1. The summed E-state index contributed by atoms with van der Waals surface area (Å²) in [5, 5.41) is 9.71. The smallest absolute Gasteiger partial charge is 0.220 e. The van der Waals surface area contributed by atoms with Crippen LogP contribution in [0.15, 0.2) is 30.7 Å². The number of hydrogen-bond donors (Lipinski definition) is 2. The third-order valence-electron chi connectivity index (χ3n) is 3.34. The maximum absolute atomic E-state index is 11.8. The highest BCUT2D eigenvalue weighted by molar-refractivity contribution is 5.76. The van der Waals surface area contributed by atoms with Crippen molar-refractivity contribution in [2.75, 3.05) is 0 Å². The zero-order valence-corrected chi connectivity index (χ0v) is 11.5. The van der Waals surface area contributed by atoms with Gasteiger partial charge in [0.25, 0.3) is 0 Å². The number of aromatic nitrogens is 5. The van der Waals surface area contributed by atoms with Gasteiger partial charge in [0, 0.05) is 18.8 Å². The molecule has 0 saturated heterocycles. The summed E-state index contributed by atoms with van der Waals surface area (Å²) in [4.78, 5) is 24.2. The summed E-state index contributed by atoms with van der Waals surface area (Å²) >= 11 is 0. The van der Waals surface area contributed by atoms with E-state index in [2.05, 4.69) is 42.6 Å². The van der Waals surface area contributed by atoms with E-state index in [-0.39, 0.29) is 5.91 Å². The fourth-order valence-electron chi connectivity index (χ4n) is 2.26. The van der Waals surface area contributed by atoms with E-state index in [9.17, 15) is 4.79 Å². The Morgan fingerprint density at radius 3 is 3.14 bits per heavy atom. The Hall–Kier alpha value is -2.57. The number of hydrogen-bond acceptors (Lipinski definition) is 5. The molecule has 1 aliphatic carbocycles. The SMILES string of the molecule is O=C(C[C@@H]1C=CCC1)NCc1nc(-c2cnccn2)n[nH]1. The van der Waals surface area contributed by atoms with Gasteiger partial charge >= 0.3 is 0 Å². The summed E-state index contributed by atoms with van der Waals surface area (Å²) in [6.45, 7) is 0.336. The Balaban J connectivity index is 1.53. The van der Waals surface area contributed by atoms with Crippen LogP contribution in [-0.2, 0) is 11.3 Å². The molecule has 0 bridgehead atoms. The quantitative estimate of drug-likeness (QED) is 0.805. The summed E-state index contributed by atoms with van der Waals surface area (Å²) < 4.78 is 0. The number of H-pyrrole nitrogens is 1. The minimum Gasteiger partial charge on any atom is -0.349 e. The van der Waals surface area contributed by atoms with E-state index in [1.807, 2.05) is 0 Å². The van der Waals surface area contributed by atoms with Gasteiger partial charge in [-0.1, -0.05) is 12.2 Å². The van der Waals surface area contributed by atoms with E-state index in [0.717, 1.165) is 12.8 Å². The molecule has 7 heteroatoms. The number of nitrogens with one attached hydrogen (secondary N) is 2. The minimum absolute atomic E-state index is 0.0315. The van der Waals surface area contributed by atoms with Crippen molar-refractivity contribution in [2.45, 2.75) is 25.8 Å². The number of carbonyl (C=O) groups is 1. The van der Waals surface area contributed by atoms with Gasteiger partial charge in [-0.25, -0.2) is 9.97 Å². The molecule has 0 radical (unpaired) electrons. The highest BCUT2D eigenvalue weighted by atomic mass is 16.1. The van der Waals surface area contributed by atoms with Gasteiger partial charge in [0.15, 0.2) is 0 Å². The first kappa shape index (κ1) is 13.4. The monoisotopic (exact) mass is 284 g/mol. The minimum atomic E-state index is 0.0315. The van der Waals surface area contributed by atoms with E-state index in [1.165, 1.54) is 0 Å². The predicted octanol–water partition coefficient (Wildman–Crippen LogP) is 1.23. The third kappa shape index (κ3) is 3.50. The van der Waals surface area contributed by atoms with E-state index in [1.54, 1.807) is 18.6 Å². The highest BCUT2D eigenvalue weighted by Gasteiger charge is 2.14. The Morgan fingerprint density at radius 1 is 1.43 bits per heavy atom. The first-order valence-corrected chi connectivity index (χ1v) is 6.92. The molecular weight excluding hydrogens is 268 g/mol. The van der Waals surface area contributed by atoms with Gasteiger partial charge < -0.3 is 5.32 Å². The van der Waals surface area contributed by atoms with E-state index in [0.29, 0.717) is 36.2 Å². The molecule has 2 aromatic heterocycles. The number of carbonyl (C=O) groups excluding carboxylic acids is 1.